The Bertz CT molecular complexity index is 429. The van der Waals surface area contributed by atoms with Crippen molar-refractivity contribution in [1.29, 1.82) is 0 Å². The number of hydrogen-bond donors (Lipinski definition) is 1. The molecule has 0 amide bonds. The summed E-state index contributed by atoms with van der Waals surface area (Å²) in [7, 11) is 1.16. The van der Waals surface area contributed by atoms with Crippen molar-refractivity contribution < 1.29 is 28.2 Å². The number of aliphatic carboxylic acids is 1. The second kappa shape index (κ2) is 4.69. The summed E-state index contributed by atoms with van der Waals surface area (Å²) in [5.41, 5.74) is -1.25. The molecule has 0 fully saturated rings. The molecule has 1 aromatic carbocycles. The summed E-state index contributed by atoms with van der Waals surface area (Å²) < 4.78 is 30.0. The van der Waals surface area contributed by atoms with E-state index in [9.17, 15) is 18.4 Å². The summed E-state index contributed by atoms with van der Waals surface area (Å²) in [6.45, 7) is 0. The van der Waals surface area contributed by atoms with Crippen LogP contribution in [0.25, 0.3) is 0 Å². The number of halogens is 2. The normalized spacial score (nSPS) is 10.2. The zero-order valence-corrected chi connectivity index (χ0v) is 8.24. The number of carbonyl (C=O) groups is 2. The number of carbonyl (C=O) groups excluding carboxylic acids is 1. The van der Waals surface area contributed by atoms with Crippen molar-refractivity contribution in [3.05, 3.63) is 29.3 Å². The van der Waals surface area contributed by atoms with Gasteiger partial charge >= 0.3 is 5.97 Å². The number of hydrogen-bond acceptors (Lipinski definition) is 3. The van der Waals surface area contributed by atoms with Gasteiger partial charge < -0.3 is 9.84 Å². The third-order valence-corrected chi connectivity index (χ3v) is 1.94. The fourth-order valence-corrected chi connectivity index (χ4v) is 1.26. The molecule has 0 aliphatic carbocycles. The van der Waals surface area contributed by atoms with Crippen molar-refractivity contribution in [2.45, 2.75) is 6.43 Å². The lowest BCUT2D eigenvalue weighted by Gasteiger charge is -2.10. The first-order valence-corrected chi connectivity index (χ1v) is 4.21. The first kappa shape index (κ1) is 12.1. The van der Waals surface area contributed by atoms with E-state index in [1.807, 2.05) is 0 Å². The minimum atomic E-state index is -2.98. The maximum atomic E-state index is 12.7. The van der Waals surface area contributed by atoms with E-state index >= 15 is 0 Å². The number of carboxylic acid groups (broad SMARTS) is 1. The van der Waals surface area contributed by atoms with Crippen LogP contribution in [0, 0.1) is 0 Å². The average Bonchev–Trinajstić information content (AvgIpc) is 2.26. The molecule has 0 aromatic heterocycles. The lowest BCUT2D eigenvalue weighted by molar-refractivity contribution is -0.131. The van der Waals surface area contributed by atoms with Crippen molar-refractivity contribution >= 4 is 11.8 Å². The van der Waals surface area contributed by atoms with Crippen molar-refractivity contribution in [3.8, 4) is 5.75 Å². The Kier molecular flexibility index (Phi) is 3.55. The Morgan fingerprint density at radius 2 is 2.00 bits per heavy atom. The van der Waals surface area contributed by atoms with Gasteiger partial charge in [-0.25, -0.2) is 13.6 Å². The molecule has 1 rings (SSSR count). The fraction of sp³-hybridized carbons (Fsp3) is 0.200. The molecule has 0 aliphatic rings. The van der Waals surface area contributed by atoms with Crippen LogP contribution in [0.4, 0.5) is 8.78 Å². The zero-order valence-electron chi connectivity index (χ0n) is 8.24. The SMILES string of the molecule is COc1cccc(C(=O)C(=O)O)c1C(F)F. The van der Waals surface area contributed by atoms with Gasteiger partial charge in [0.1, 0.15) is 5.75 Å². The lowest BCUT2D eigenvalue weighted by Crippen LogP contribution is -2.15. The van der Waals surface area contributed by atoms with Crippen LogP contribution in [-0.2, 0) is 4.79 Å². The Hall–Kier alpha value is -1.98. The van der Waals surface area contributed by atoms with E-state index in [0.717, 1.165) is 13.2 Å². The predicted molar refractivity (Wildman–Crippen MR) is 49.9 cm³/mol. The molecule has 0 radical (unpaired) electrons. The van der Waals surface area contributed by atoms with E-state index in [0.29, 0.717) is 0 Å². The fourth-order valence-electron chi connectivity index (χ4n) is 1.26. The molecule has 4 nitrogen and oxygen atoms in total. The molecule has 0 saturated carbocycles. The van der Waals surface area contributed by atoms with Crippen molar-refractivity contribution in [3.63, 3.8) is 0 Å². The van der Waals surface area contributed by atoms with E-state index in [-0.39, 0.29) is 5.75 Å². The van der Waals surface area contributed by atoms with Gasteiger partial charge in [-0.15, -0.1) is 0 Å². The first-order chi connectivity index (χ1) is 7.49. The summed E-state index contributed by atoms with van der Waals surface area (Å²) in [5, 5.41) is 8.47. The van der Waals surface area contributed by atoms with Gasteiger partial charge in [0.25, 0.3) is 12.2 Å². The van der Waals surface area contributed by atoms with Crippen LogP contribution in [0.1, 0.15) is 22.3 Å². The number of alkyl halides is 2. The van der Waals surface area contributed by atoms with Crippen LogP contribution < -0.4 is 4.74 Å². The summed E-state index contributed by atoms with van der Waals surface area (Å²) in [4.78, 5) is 21.6. The molecule has 0 bridgehead atoms. The molecule has 86 valence electrons. The molecule has 0 unspecified atom stereocenters. The van der Waals surface area contributed by atoms with Gasteiger partial charge in [0.15, 0.2) is 0 Å². The van der Waals surface area contributed by atoms with E-state index in [2.05, 4.69) is 4.74 Å². The second-order valence-corrected chi connectivity index (χ2v) is 2.86. The summed E-state index contributed by atoms with van der Waals surface area (Å²) in [6.07, 6.45) is -2.98. The van der Waals surface area contributed by atoms with E-state index < -0.39 is 29.3 Å². The number of ketones is 1. The van der Waals surface area contributed by atoms with Gasteiger partial charge in [-0.3, -0.25) is 4.79 Å². The smallest absolute Gasteiger partial charge is 0.377 e. The van der Waals surface area contributed by atoms with Crippen molar-refractivity contribution in [2.75, 3.05) is 7.11 Å². The van der Waals surface area contributed by atoms with E-state index in [4.69, 9.17) is 5.11 Å². The number of benzene rings is 1. The maximum absolute atomic E-state index is 12.7. The minimum absolute atomic E-state index is 0.206. The molecule has 0 heterocycles. The van der Waals surface area contributed by atoms with Crippen molar-refractivity contribution in [2.24, 2.45) is 0 Å². The largest absolute Gasteiger partial charge is 0.496 e. The highest BCUT2D eigenvalue weighted by Gasteiger charge is 2.26. The van der Waals surface area contributed by atoms with E-state index in [1.54, 1.807) is 0 Å². The Labute approximate surface area is 89.5 Å². The molecule has 1 N–H and O–H groups in total. The van der Waals surface area contributed by atoms with Gasteiger partial charge in [-0.1, -0.05) is 12.1 Å². The van der Waals surface area contributed by atoms with Gasteiger partial charge in [-0.2, -0.15) is 0 Å². The predicted octanol–water partition coefficient (Wildman–Crippen LogP) is 1.90. The van der Waals surface area contributed by atoms with Gasteiger partial charge in [0.2, 0.25) is 0 Å². The summed E-state index contributed by atoms with van der Waals surface area (Å²) >= 11 is 0. The number of rotatable bonds is 4. The van der Waals surface area contributed by atoms with Gasteiger partial charge in [0.05, 0.1) is 12.7 Å². The Morgan fingerprint density at radius 3 is 2.44 bits per heavy atom. The average molecular weight is 230 g/mol. The standard InChI is InChI=1S/C10H8F2O4/c1-16-6-4-2-3-5(7(6)9(11)12)8(13)10(14)15/h2-4,9H,1H3,(H,14,15). The van der Waals surface area contributed by atoms with Crippen LogP contribution in [0.3, 0.4) is 0 Å². The molecule has 1 aromatic rings. The maximum Gasteiger partial charge on any atom is 0.377 e. The molecule has 0 aliphatic heterocycles. The number of Topliss-reactive ketones (excluding diaryl/α,β-unsaturated/α-hetero) is 1. The molecule has 6 heteroatoms. The number of carboxylic acids is 1. The molecular formula is C10H8F2O4. The second-order valence-electron chi connectivity index (χ2n) is 2.86. The quantitative estimate of drug-likeness (QED) is 0.633. The van der Waals surface area contributed by atoms with Crippen molar-refractivity contribution in [1.82, 2.24) is 0 Å². The monoisotopic (exact) mass is 230 g/mol. The lowest BCUT2D eigenvalue weighted by atomic mass is 10.0. The van der Waals surface area contributed by atoms with Crippen LogP contribution in [0.15, 0.2) is 18.2 Å². The third-order valence-electron chi connectivity index (χ3n) is 1.94. The molecule has 0 spiro atoms. The highest BCUT2D eigenvalue weighted by molar-refractivity contribution is 6.40. The number of methoxy groups -OCH3 is 1. The van der Waals surface area contributed by atoms with Crippen LogP contribution in [0.5, 0.6) is 5.75 Å². The highest BCUT2D eigenvalue weighted by atomic mass is 19.3. The molecule has 0 atom stereocenters. The summed E-state index contributed by atoms with van der Waals surface area (Å²) in [6, 6.07) is 3.54. The third kappa shape index (κ3) is 2.16. The van der Waals surface area contributed by atoms with E-state index in [1.165, 1.54) is 12.1 Å². The first-order valence-electron chi connectivity index (χ1n) is 4.21. The zero-order chi connectivity index (χ0) is 12.3. The van der Waals surface area contributed by atoms with Gasteiger partial charge in [0, 0.05) is 5.56 Å². The molecule has 0 saturated heterocycles. The minimum Gasteiger partial charge on any atom is -0.496 e. The van der Waals surface area contributed by atoms with Crippen LogP contribution in [-0.4, -0.2) is 24.0 Å². The Balaban J connectivity index is 3.38. The number of ether oxygens (including phenoxy) is 1. The van der Waals surface area contributed by atoms with Gasteiger partial charge in [-0.05, 0) is 6.07 Å². The summed E-state index contributed by atoms with van der Waals surface area (Å²) in [5.74, 6) is -3.37. The molecular weight excluding hydrogens is 222 g/mol. The topological polar surface area (TPSA) is 63.6 Å². The van der Waals surface area contributed by atoms with Crippen LogP contribution >= 0.6 is 0 Å². The highest BCUT2D eigenvalue weighted by Crippen LogP contribution is 2.32. The Morgan fingerprint density at radius 1 is 1.38 bits per heavy atom. The van der Waals surface area contributed by atoms with Crippen LogP contribution in [0.2, 0.25) is 0 Å². The molecule has 16 heavy (non-hydrogen) atoms.